The van der Waals surface area contributed by atoms with Crippen LogP contribution in [0, 0.1) is 12.3 Å². The molecular formula is C7H8NO2Y-. The number of imide groups is 1. The SMILES string of the molecule is C=CN1C(=O)[CH-]C(C)C1=O.[Y]. The van der Waals surface area contributed by atoms with E-state index in [-0.39, 0.29) is 50.4 Å². The second kappa shape index (κ2) is 4.02. The Hall–Kier alpha value is -0.146. The smallest absolute Gasteiger partial charge is 0.206 e. The second-order valence-electron chi connectivity index (χ2n) is 2.18. The van der Waals surface area contributed by atoms with Crippen LogP contribution in [0.2, 0.25) is 0 Å². The molecule has 1 aliphatic rings. The zero-order chi connectivity index (χ0) is 7.72. The summed E-state index contributed by atoms with van der Waals surface area (Å²) < 4.78 is 0. The van der Waals surface area contributed by atoms with Crippen molar-refractivity contribution in [1.82, 2.24) is 4.90 Å². The summed E-state index contributed by atoms with van der Waals surface area (Å²) in [6.07, 6.45) is 2.62. The van der Waals surface area contributed by atoms with Crippen molar-refractivity contribution in [3.8, 4) is 0 Å². The van der Waals surface area contributed by atoms with Crippen LogP contribution in [-0.2, 0) is 42.3 Å². The largest absolute Gasteiger partial charge is 0.310 e. The van der Waals surface area contributed by atoms with Crippen LogP contribution < -0.4 is 0 Å². The van der Waals surface area contributed by atoms with E-state index in [1.165, 1.54) is 12.6 Å². The van der Waals surface area contributed by atoms with Gasteiger partial charge in [0.25, 0.3) is 0 Å². The molecule has 1 rings (SSSR count). The maximum absolute atomic E-state index is 10.9. The van der Waals surface area contributed by atoms with Gasteiger partial charge in [0.15, 0.2) is 0 Å². The number of hydrogen-bond acceptors (Lipinski definition) is 2. The summed E-state index contributed by atoms with van der Waals surface area (Å²) in [7, 11) is 0. The summed E-state index contributed by atoms with van der Waals surface area (Å²) in [6, 6.07) is 0. The molecule has 3 nitrogen and oxygen atoms in total. The molecule has 0 saturated carbocycles. The molecule has 0 aromatic heterocycles. The van der Waals surface area contributed by atoms with Crippen LogP contribution in [0.4, 0.5) is 0 Å². The first kappa shape index (κ1) is 10.9. The fraction of sp³-hybridized carbons (Fsp3) is 0.286. The zero-order valence-electron chi connectivity index (χ0n) is 6.28. The van der Waals surface area contributed by atoms with Crippen LogP contribution >= 0.6 is 0 Å². The molecule has 1 fully saturated rings. The Labute approximate surface area is 90.7 Å². The number of likely N-dealkylation sites (tertiary alicyclic amines) is 1. The van der Waals surface area contributed by atoms with E-state index in [9.17, 15) is 9.59 Å². The third-order valence-corrected chi connectivity index (χ3v) is 1.44. The van der Waals surface area contributed by atoms with E-state index < -0.39 is 0 Å². The van der Waals surface area contributed by atoms with E-state index in [0.717, 1.165) is 4.90 Å². The molecule has 0 N–H and O–H groups in total. The second-order valence-corrected chi connectivity index (χ2v) is 2.18. The summed E-state index contributed by atoms with van der Waals surface area (Å²) in [5.41, 5.74) is 0. The Bertz CT molecular complexity index is 203. The Morgan fingerprint density at radius 3 is 2.36 bits per heavy atom. The number of nitrogens with zero attached hydrogens (tertiary/aromatic N) is 1. The van der Waals surface area contributed by atoms with Gasteiger partial charge in [0.05, 0.1) is 5.91 Å². The fourth-order valence-electron chi connectivity index (χ4n) is 0.873. The molecular weight excluding hydrogens is 219 g/mol. The maximum Gasteiger partial charge on any atom is 0.206 e. The Morgan fingerprint density at radius 1 is 1.64 bits per heavy atom. The van der Waals surface area contributed by atoms with Gasteiger partial charge in [0.1, 0.15) is 0 Å². The van der Waals surface area contributed by atoms with Crippen LogP contribution in [0.1, 0.15) is 6.92 Å². The Morgan fingerprint density at radius 2 is 2.18 bits per heavy atom. The van der Waals surface area contributed by atoms with E-state index in [2.05, 4.69) is 6.58 Å². The molecule has 0 aliphatic carbocycles. The minimum atomic E-state index is -0.287. The van der Waals surface area contributed by atoms with E-state index in [1.807, 2.05) is 0 Å². The molecule has 1 heterocycles. The van der Waals surface area contributed by atoms with Crippen molar-refractivity contribution in [2.75, 3.05) is 0 Å². The molecule has 2 amide bonds. The monoisotopic (exact) mass is 227 g/mol. The van der Waals surface area contributed by atoms with Crippen molar-refractivity contribution in [2.45, 2.75) is 6.92 Å². The van der Waals surface area contributed by atoms with Gasteiger partial charge in [-0.05, 0) is 0 Å². The van der Waals surface area contributed by atoms with Gasteiger partial charge in [-0.25, -0.2) is 0 Å². The van der Waals surface area contributed by atoms with Crippen LogP contribution in [0.3, 0.4) is 0 Å². The van der Waals surface area contributed by atoms with Crippen LogP contribution in [0.25, 0.3) is 0 Å². The quantitative estimate of drug-likeness (QED) is 0.478. The van der Waals surface area contributed by atoms with Crippen LogP contribution in [0.5, 0.6) is 0 Å². The zero-order valence-corrected chi connectivity index (χ0v) is 9.12. The summed E-state index contributed by atoms with van der Waals surface area (Å²) >= 11 is 0. The third-order valence-electron chi connectivity index (χ3n) is 1.44. The average Bonchev–Trinajstić information content (AvgIpc) is 2.09. The van der Waals surface area contributed by atoms with Crippen LogP contribution in [0.15, 0.2) is 12.8 Å². The topological polar surface area (TPSA) is 37.4 Å². The number of amides is 2. The van der Waals surface area contributed by atoms with Gasteiger partial charge < -0.3 is 4.79 Å². The standard InChI is InChI=1S/C7H8NO2.Y/c1-3-8-6(9)4-5(2)7(8)10;/h3-5H,1H2,2H3;/q-1;. The average molecular weight is 227 g/mol. The molecule has 1 radical (unpaired) electrons. The van der Waals surface area contributed by atoms with Crippen molar-refractivity contribution < 1.29 is 42.3 Å². The predicted molar refractivity (Wildman–Crippen MR) is 35.5 cm³/mol. The molecule has 11 heavy (non-hydrogen) atoms. The van der Waals surface area contributed by atoms with Crippen molar-refractivity contribution in [2.24, 2.45) is 5.92 Å². The van der Waals surface area contributed by atoms with Crippen molar-refractivity contribution in [1.29, 1.82) is 0 Å². The molecule has 1 atom stereocenters. The predicted octanol–water partition coefficient (Wildman–Crippen LogP) is 0.337. The molecule has 1 unspecified atom stereocenters. The minimum absolute atomic E-state index is 0. The van der Waals surface area contributed by atoms with Crippen molar-refractivity contribution >= 4 is 11.8 Å². The van der Waals surface area contributed by atoms with Gasteiger partial charge in [-0.2, -0.15) is 0 Å². The number of carbonyl (C=O) groups is 2. The number of rotatable bonds is 1. The summed E-state index contributed by atoms with van der Waals surface area (Å²) in [6.45, 7) is 5.03. The Balaban J connectivity index is 0.000001000. The maximum atomic E-state index is 10.9. The van der Waals surface area contributed by atoms with E-state index in [1.54, 1.807) is 6.92 Å². The first-order valence-electron chi connectivity index (χ1n) is 3.01. The first-order chi connectivity index (χ1) is 4.66. The molecule has 4 heteroatoms. The molecule has 0 aromatic rings. The molecule has 57 valence electrons. The van der Waals surface area contributed by atoms with E-state index >= 15 is 0 Å². The van der Waals surface area contributed by atoms with Gasteiger partial charge in [-0.15, -0.1) is 0 Å². The van der Waals surface area contributed by atoms with Gasteiger partial charge in [0, 0.05) is 38.9 Å². The molecule has 0 spiro atoms. The van der Waals surface area contributed by atoms with Gasteiger partial charge >= 0.3 is 0 Å². The van der Waals surface area contributed by atoms with Gasteiger partial charge in [0.2, 0.25) is 5.91 Å². The molecule has 0 bridgehead atoms. The number of hydrogen-bond donors (Lipinski definition) is 0. The minimum Gasteiger partial charge on any atom is -0.310 e. The Kier molecular flexibility index (Phi) is 3.97. The van der Waals surface area contributed by atoms with E-state index in [4.69, 9.17) is 0 Å². The van der Waals surface area contributed by atoms with Crippen molar-refractivity contribution in [3.05, 3.63) is 19.2 Å². The van der Waals surface area contributed by atoms with Crippen molar-refractivity contribution in [3.63, 3.8) is 0 Å². The summed E-state index contributed by atoms with van der Waals surface area (Å²) in [5, 5.41) is 0. The summed E-state index contributed by atoms with van der Waals surface area (Å²) in [4.78, 5) is 22.8. The fourth-order valence-corrected chi connectivity index (χ4v) is 0.873. The third kappa shape index (κ3) is 1.91. The molecule has 1 saturated heterocycles. The number of carbonyl (C=O) groups excluding carboxylic acids is 2. The molecule has 1 aliphatic heterocycles. The van der Waals surface area contributed by atoms with Gasteiger partial charge in [-0.1, -0.05) is 19.4 Å². The van der Waals surface area contributed by atoms with Crippen LogP contribution in [-0.4, -0.2) is 16.7 Å². The molecule has 0 aromatic carbocycles. The van der Waals surface area contributed by atoms with Gasteiger partial charge in [-0.3, -0.25) is 16.1 Å². The summed E-state index contributed by atoms with van der Waals surface area (Å²) in [5.74, 6) is -0.752. The normalized spacial score (nSPS) is 22.6. The first-order valence-corrected chi connectivity index (χ1v) is 3.01. The van der Waals surface area contributed by atoms with E-state index in [0.29, 0.717) is 0 Å².